The van der Waals surface area contributed by atoms with Crippen LogP contribution in [0, 0.1) is 12.8 Å². The predicted molar refractivity (Wildman–Crippen MR) is 148 cm³/mol. The summed E-state index contributed by atoms with van der Waals surface area (Å²) in [5.74, 6) is 0.335. The fraction of sp³-hybridized carbons (Fsp3) is 0.323. The molecule has 4 rings (SSSR count). The van der Waals surface area contributed by atoms with Crippen LogP contribution in [0.2, 0.25) is 0 Å². The van der Waals surface area contributed by atoms with Gasteiger partial charge in [0.1, 0.15) is 11.5 Å². The lowest BCUT2D eigenvalue weighted by molar-refractivity contribution is -0.140. The van der Waals surface area contributed by atoms with Crippen molar-refractivity contribution in [3.8, 4) is 17.2 Å². The first kappa shape index (κ1) is 27.7. The van der Waals surface area contributed by atoms with Gasteiger partial charge in [0, 0.05) is 24.5 Å². The van der Waals surface area contributed by atoms with Gasteiger partial charge in [-0.1, -0.05) is 26.0 Å². The van der Waals surface area contributed by atoms with Gasteiger partial charge in [-0.2, -0.15) is 0 Å². The van der Waals surface area contributed by atoms with Crippen LogP contribution < -0.4 is 14.2 Å². The molecule has 2 heterocycles. The molecule has 3 aromatic rings. The zero-order valence-electron chi connectivity index (χ0n) is 22.9. The van der Waals surface area contributed by atoms with Gasteiger partial charge in [-0.05, 0) is 72.9 Å². The molecule has 0 saturated carbocycles. The van der Waals surface area contributed by atoms with E-state index in [9.17, 15) is 14.7 Å². The molecule has 8 nitrogen and oxygen atoms in total. The van der Waals surface area contributed by atoms with E-state index < -0.39 is 17.7 Å². The van der Waals surface area contributed by atoms with Crippen molar-refractivity contribution in [3.63, 3.8) is 0 Å². The summed E-state index contributed by atoms with van der Waals surface area (Å²) < 4.78 is 17.0. The number of ether oxygens (including phenoxy) is 3. The minimum absolute atomic E-state index is 0.00838. The van der Waals surface area contributed by atoms with Crippen LogP contribution in [0.25, 0.3) is 5.76 Å². The van der Waals surface area contributed by atoms with E-state index in [4.69, 9.17) is 14.2 Å². The minimum atomic E-state index is -0.856. The lowest BCUT2D eigenvalue weighted by Gasteiger charge is -2.26. The van der Waals surface area contributed by atoms with Gasteiger partial charge < -0.3 is 24.2 Å². The number of carbonyl (C=O) groups is 2. The molecule has 2 aromatic carbocycles. The van der Waals surface area contributed by atoms with Gasteiger partial charge in [0.25, 0.3) is 11.7 Å². The zero-order valence-corrected chi connectivity index (χ0v) is 22.9. The Kier molecular flexibility index (Phi) is 8.54. The van der Waals surface area contributed by atoms with E-state index >= 15 is 0 Å². The molecular formula is C31H34N2O6. The first-order chi connectivity index (χ1) is 18.7. The van der Waals surface area contributed by atoms with Gasteiger partial charge in [-0.15, -0.1) is 0 Å². The summed E-state index contributed by atoms with van der Waals surface area (Å²) in [7, 11) is 1.53. The van der Waals surface area contributed by atoms with Crippen molar-refractivity contribution < 1.29 is 28.9 Å². The van der Waals surface area contributed by atoms with Crippen molar-refractivity contribution in [2.45, 2.75) is 40.3 Å². The van der Waals surface area contributed by atoms with Gasteiger partial charge >= 0.3 is 0 Å². The first-order valence-corrected chi connectivity index (χ1v) is 13.0. The molecule has 1 atom stereocenters. The third-order valence-corrected chi connectivity index (χ3v) is 6.46. The maximum Gasteiger partial charge on any atom is 0.295 e. The lowest BCUT2D eigenvalue weighted by Crippen LogP contribution is -2.29. The summed E-state index contributed by atoms with van der Waals surface area (Å²) in [6.45, 7) is 8.97. The number of benzene rings is 2. The second kappa shape index (κ2) is 12.0. The molecule has 8 heteroatoms. The Morgan fingerprint density at radius 1 is 1.08 bits per heavy atom. The lowest BCUT2D eigenvalue weighted by atomic mass is 9.93. The number of aliphatic hydroxyl groups is 1. The van der Waals surface area contributed by atoms with Crippen LogP contribution in [-0.4, -0.2) is 47.0 Å². The van der Waals surface area contributed by atoms with Crippen LogP contribution in [0.15, 0.2) is 66.5 Å². The van der Waals surface area contributed by atoms with E-state index in [2.05, 4.69) is 18.8 Å². The molecule has 39 heavy (non-hydrogen) atoms. The Bertz CT molecular complexity index is 1380. The number of amides is 1. The number of likely N-dealkylation sites (tertiary alicyclic amines) is 1. The Labute approximate surface area is 228 Å². The van der Waals surface area contributed by atoms with Gasteiger partial charge in [0.2, 0.25) is 0 Å². The Balaban J connectivity index is 1.84. The molecule has 1 N–H and O–H groups in total. The van der Waals surface area contributed by atoms with E-state index in [0.717, 1.165) is 11.1 Å². The summed E-state index contributed by atoms with van der Waals surface area (Å²) in [6, 6.07) is 13.3. The molecule has 1 amide bonds. The number of aryl methyl sites for hydroxylation is 1. The Hall–Kier alpha value is -4.33. The summed E-state index contributed by atoms with van der Waals surface area (Å²) in [4.78, 5) is 32.5. The van der Waals surface area contributed by atoms with Crippen molar-refractivity contribution in [2.24, 2.45) is 5.92 Å². The van der Waals surface area contributed by atoms with Crippen LogP contribution >= 0.6 is 0 Å². The molecule has 1 aliphatic rings. The SMILES string of the molecule is CCOc1ccc([C@H]2/C(=C(\O)c3ccc(OCC(C)C)cc3C)C(=O)C(=O)N2Cc2cccnc2)cc1OC. The quantitative estimate of drug-likeness (QED) is 0.211. The summed E-state index contributed by atoms with van der Waals surface area (Å²) in [6.07, 6.45) is 3.29. The molecule has 0 unspecified atom stereocenters. The fourth-order valence-corrected chi connectivity index (χ4v) is 4.61. The van der Waals surface area contributed by atoms with Gasteiger partial charge in [-0.25, -0.2) is 0 Å². The van der Waals surface area contributed by atoms with Gasteiger partial charge in [0.05, 0.1) is 31.9 Å². The molecule has 0 radical (unpaired) electrons. The molecule has 1 saturated heterocycles. The van der Waals surface area contributed by atoms with Crippen LogP contribution in [0.5, 0.6) is 17.2 Å². The number of Topliss-reactive ketones (excluding diaryl/α,β-unsaturated/α-hetero) is 1. The predicted octanol–water partition coefficient (Wildman–Crippen LogP) is 5.45. The highest BCUT2D eigenvalue weighted by Crippen LogP contribution is 2.43. The van der Waals surface area contributed by atoms with Crippen LogP contribution in [-0.2, 0) is 16.1 Å². The summed E-state index contributed by atoms with van der Waals surface area (Å²) in [5, 5.41) is 11.6. The molecule has 1 fully saturated rings. The average molecular weight is 531 g/mol. The third-order valence-electron chi connectivity index (χ3n) is 6.46. The number of pyridine rings is 1. The highest BCUT2D eigenvalue weighted by Gasteiger charge is 2.46. The first-order valence-electron chi connectivity index (χ1n) is 13.0. The average Bonchev–Trinajstić information content (AvgIpc) is 3.17. The monoisotopic (exact) mass is 530 g/mol. The fourth-order valence-electron chi connectivity index (χ4n) is 4.61. The van der Waals surface area contributed by atoms with E-state index in [1.165, 1.54) is 12.0 Å². The molecule has 0 aliphatic carbocycles. The Morgan fingerprint density at radius 3 is 2.51 bits per heavy atom. The maximum atomic E-state index is 13.5. The van der Waals surface area contributed by atoms with Crippen molar-refractivity contribution in [1.82, 2.24) is 9.88 Å². The number of nitrogens with zero attached hydrogens (tertiary/aromatic N) is 2. The summed E-state index contributed by atoms with van der Waals surface area (Å²) in [5.41, 5.74) is 2.54. The normalized spacial score (nSPS) is 16.6. The molecule has 1 aliphatic heterocycles. The highest BCUT2D eigenvalue weighted by molar-refractivity contribution is 6.46. The molecule has 0 spiro atoms. The van der Waals surface area contributed by atoms with Crippen LogP contribution in [0.3, 0.4) is 0 Å². The minimum Gasteiger partial charge on any atom is -0.507 e. The van der Waals surface area contributed by atoms with E-state index in [-0.39, 0.29) is 17.9 Å². The second-order valence-corrected chi connectivity index (χ2v) is 9.81. The van der Waals surface area contributed by atoms with E-state index in [0.29, 0.717) is 47.5 Å². The van der Waals surface area contributed by atoms with Crippen molar-refractivity contribution in [2.75, 3.05) is 20.3 Å². The second-order valence-electron chi connectivity index (χ2n) is 9.81. The smallest absolute Gasteiger partial charge is 0.295 e. The zero-order chi connectivity index (χ0) is 28.1. The third kappa shape index (κ3) is 5.90. The number of carbonyl (C=O) groups excluding carboxylic acids is 2. The molecule has 1 aromatic heterocycles. The van der Waals surface area contributed by atoms with Crippen molar-refractivity contribution in [1.29, 1.82) is 0 Å². The number of methoxy groups -OCH3 is 1. The standard InChI is InChI=1S/C31H34N2O6/c1-6-38-25-12-9-22(15-26(25)37-5)28-27(30(35)31(36)33(28)17-21-8-7-13-32-16-21)29(34)24-11-10-23(14-20(24)4)39-18-19(2)3/h7-16,19,28,34H,6,17-18H2,1-5H3/b29-27+/t28-/m0/s1. The largest absolute Gasteiger partial charge is 0.507 e. The molecule has 204 valence electrons. The molecular weight excluding hydrogens is 496 g/mol. The number of hydrogen-bond donors (Lipinski definition) is 1. The topological polar surface area (TPSA) is 98.2 Å². The van der Waals surface area contributed by atoms with E-state index in [1.54, 1.807) is 48.8 Å². The number of hydrogen-bond acceptors (Lipinski definition) is 7. The maximum absolute atomic E-state index is 13.5. The number of aromatic nitrogens is 1. The Morgan fingerprint density at radius 2 is 1.87 bits per heavy atom. The van der Waals surface area contributed by atoms with Gasteiger partial charge in [0.15, 0.2) is 11.5 Å². The number of ketones is 1. The van der Waals surface area contributed by atoms with Crippen molar-refractivity contribution in [3.05, 3.63) is 88.8 Å². The van der Waals surface area contributed by atoms with E-state index in [1.807, 2.05) is 26.0 Å². The van der Waals surface area contributed by atoms with Gasteiger partial charge in [-0.3, -0.25) is 14.6 Å². The highest BCUT2D eigenvalue weighted by atomic mass is 16.5. The van der Waals surface area contributed by atoms with Crippen LogP contribution in [0.4, 0.5) is 0 Å². The summed E-state index contributed by atoms with van der Waals surface area (Å²) >= 11 is 0. The van der Waals surface area contributed by atoms with Crippen molar-refractivity contribution >= 4 is 17.4 Å². The number of aliphatic hydroxyl groups excluding tert-OH is 1. The number of rotatable bonds is 10. The molecule has 0 bridgehead atoms. The van der Waals surface area contributed by atoms with Crippen LogP contribution in [0.1, 0.15) is 49.1 Å².